The summed E-state index contributed by atoms with van der Waals surface area (Å²) in [7, 11) is 1.37. The van der Waals surface area contributed by atoms with Gasteiger partial charge in [-0.3, -0.25) is 4.79 Å². The van der Waals surface area contributed by atoms with Crippen molar-refractivity contribution in [2.45, 2.75) is 32.3 Å². The minimum atomic E-state index is -0.315. The first kappa shape index (κ1) is 9.43. The Hall–Kier alpha value is -0.570. The highest BCUT2D eigenvalue weighted by Crippen LogP contribution is 2.00. The lowest BCUT2D eigenvalue weighted by Gasteiger charge is -2.01. The van der Waals surface area contributed by atoms with Gasteiger partial charge < -0.3 is 9.84 Å². The van der Waals surface area contributed by atoms with Crippen LogP contribution in [0.15, 0.2) is 0 Å². The van der Waals surface area contributed by atoms with E-state index in [1.807, 2.05) is 0 Å². The first-order chi connectivity index (χ1) is 4.66. The fourth-order valence-corrected chi connectivity index (χ4v) is 0.644. The van der Waals surface area contributed by atoms with Gasteiger partial charge in [0.1, 0.15) is 0 Å². The number of carbonyl (C=O) groups excluding carboxylic acids is 1. The molecule has 0 radical (unpaired) electrons. The van der Waals surface area contributed by atoms with Crippen LogP contribution in [-0.2, 0) is 9.53 Å². The predicted molar refractivity (Wildman–Crippen MR) is 37.5 cm³/mol. The third kappa shape index (κ3) is 5.56. The molecule has 0 rings (SSSR count). The summed E-state index contributed by atoms with van der Waals surface area (Å²) < 4.78 is 4.41. The zero-order valence-electron chi connectivity index (χ0n) is 6.46. The average Bonchev–Trinajstić information content (AvgIpc) is 1.87. The largest absolute Gasteiger partial charge is 0.469 e. The molecule has 0 spiro atoms. The maximum absolute atomic E-state index is 10.5. The van der Waals surface area contributed by atoms with Crippen molar-refractivity contribution < 1.29 is 14.6 Å². The van der Waals surface area contributed by atoms with E-state index < -0.39 is 0 Å². The molecule has 10 heavy (non-hydrogen) atoms. The SMILES string of the molecule is COC(=O)CCC[C@H](C)O. The lowest BCUT2D eigenvalue weighted by atomic mass is 10.2. The van der Waals surface area contributed by atoms with E-state index in [1.54, 1.807) is 6.92 Å². The smallest absolute Gasteiger partial charge is 0.305 e. The number of esters is 1. The van der Waals surface area contributed by atoms with Crippen LogP contribution in [0.5, 0.6) is 0 Å². The first-order valence-corrected chi connectivity index (χ1v) is 3.41. The summed E-state index contributed by atoms with van der Waals surface area (Å²) in [6.07, 6.45) is 1.45. The number of carbonyl (C=O) groups is 1. The Morgan fingerprint density at radius 1 is 1.70 bits per heavy atom. The molecule has 3 nitrogen and oxygen atoms in total. The maximum Gasteiger partial charge on any atom is 0.305 e. The Labute approximate surface area is 61.0 Å². The number of aliphatic hydroxyl groups excluding tert-OH is 1. The van der Waals surface area contributed by atoms with Gasteiger partial charge in [0.15, 0.2) is 0 Å². The summed E-state index contributed by atoms with van der Waals surface area (Å²) in [5.74, 6) is -0.208. The molecule has 0 aromatic rings. The van der Waals surface area contributed by atoms with Gasteiger partial charge in [-0.15, -0.1) is 0 Å². The van der Waals surface area contributed by atoms with Gasteiger partial charge in [-0.05, 0) is 19.8 Å². The number of aliphatic hydroxyl groups is 1. The van der Waals surface area contributed by atoms with Gasteiger partial charge in [-0.2, -0.15) is 0 Å². The predicted octanol–water partition coefficient (Wildman–Crippen LogP) is 0.710. The molecular formula is C7H14O3. The molecule has 1 N–H and O–H groups in total. The summed E-state index contributed by atoms with van der Waals surface area (Å²) in [5.41, 5.74) is 0. The fraction of sp³-hybridized carbons (Fsp3) is 0.857. The third-order valence-electron chi connectivity index (χ3n) is 1.23. The second-order valence-electron chi connectivity index (χ2n) is 2.32. The fourth-order valence-electron chi connectivity index (χ4n) is 0.644. The van der Waals surface area contributed by atoms with E-state index in [-0.39, 0.29) is 12.1 Å². The van der Waals surface area contributed by atoms with E-state index in [9.17, 15) is 4.79 Å². The summed E-state index contributed by atoms with van der Waals surface area (Å²) in [5, 5.41) is 8.79. The molecule has 0 saturated carbocycles. The van der Waals surface area contributed by atoms with Crippen LogP contribution in [0.1, 0.15) is 26.2 Å². The van der Waals surface area contributed by atoms with Crippen molar-refractivity contribution in [3.63, 3.8) is 0 Å². The van der Waals surface area contributed by atoms with E-state index in [0.29, 0.717) is 19.3 Å². The van der Waals surface area contributed by atoms with Crippen LogP contribution in [0.2, 0.25) is 0 Å². The maximum atomic E-state index is 10.5. The van der Waals surface area contributed by atoms with Crippen LogP contribution < -0.4 is 0 Å². The Bertz CT molecular complexity index is 99.0. The van der Waals surface area contributed by atoms with Crippen molar-refractivity contribution >= 4 is 5.97 Å². The number of hydrogen-bond donors (Lipinski definition) is 1. The third-order valence-corrected chi connectivity index (χ3v) is 1.23. The van der Waals surface area contributed by atoms with E-state index in [1.165, 1.54) is 7.11 Å². The number of rotatable bonds is 4. The lowest BCUT2D eigenvalue weighted by Crippen LogP contribution is -2.03. The normalized spacial score (nSPS) is 12.7. The molecule has 0 aromatic carbocycles. The van der Waals surface area contributed by atoms with Crippen LogP contribution in [0.25, 0.3) is 0 Å². The van der Waals surface area contributed by atoms with Crippen molar-refractivity contribution in [3.8, 4) is 0 Å². The van der Waals surface area contributed by atoms with E-state index in [4.69, 9.17) is 5.11 Å². The topological polar surface area (TPSA) is 46.5 Å². The van der Waals surface area contributed by atoms with Crippen molar-refractivity contribution in [2.24, 2.45) is 0 Å². The molecule has 3 heteroatoms. The summed E-state index contributed by atoms with van der Waals surface area (Å²) in [6.45, 7) is 1.71. The van der Waals surface area contributed by atoms with Gasteiger partial charge in [0, 0.05) is 6.42 Å². The number of methoxy groups -OCH3 is 1. The van der Waals surface area contributed by atoms with Gasteiger partial charge >= 0.3 is 5.97 Å². The molecule has 0 aromatic heterocycles. The van der Waals surface area contributed by atoms with Crippen molar-refractivity contribution in [2.75, 3.05) is 7.11 Å². The molecule has 0 heterocycles. The molecule has 0 fully saturated rings. The number of ether oxygens (including phenoxy) is 1. The summed E-state index contributed by atoms with van der Waals surface area (Å²) in [4.78, 5) is 10.5. The van der Waals surface area contributed by atoms with Crippen molar-refractivity contribution in [1.82, 2.24) is 0 Å². The second kappa shape index (κ2) is 5.23. The van der Waals surface area contributed by atoms with Crippen LogP contribution in [0, 0.1) is 0 Å². The van der Waals surface area contributed by atoms with Crippen LogP contribution in [0.4, 0.5) is 0 Å². The Balaban J connectivity index is 3.12. The standard InChI is InChI=1S/C7H14O3/c1-6(8)4-3-5-7(9)10-2/h6,8H,3-5H2,1-2H3/t6-/m0/s1. The minimum Gasteiger partial charge on any atom is -0.469 e. The summed E-state index contributed by atoms with van der Waals surface area (Å²) in [6, 6.07) is 0. The highest BCUT2D eigenvalue weighted by Gasteiger charge is 2.00. The van der Waals surface area contributed by atoms with Crippen molar-refractivity contribution in [3.05, 3.63) is 0 Å². The van der Waals surface area contributed by atoms with Crippen LogP contribution in [-0.4, -0.2) is 24.3 Å². The molecule has 60 valence electrons. The molecular weight excluding hydrogens is 132 g/mol. The van der Waals surface area contributed by atoms with E-state index in [0.717, 1.165) is 0 Å². The Morgan fingerprint density at radius 3 is 2.70 bits per heavy atom. The molecule has 0 aliphatic rings. The molecule has 0 saturated heterocycles. The highest BCUT2D eigenvalue weighted by atomic mass is 16.5. The van der Waals surface area contributed by atoms with Gasteiger partial charge in [-0.1, -0.05) is 0 Å². The van der Waals surface area contributed by atoms with E-state index in [2.05, 4.69) is 4.74 Å². The van der Waals surface area contributed by atoms with Crippen molar-refractivity contribution in [1.29, 1.82) is 0 Å². The zero-order valence-corrected chi connectivity index (χ0v) is 6.46. The molecule has 0 amide bonds. The van der Waals surface area contributed by atoms with Crippen LogP contribution in [0.3, 0.4) is 0 Å². The quantitative estimate of drug-likeness (QED) is 0.594. The molecule has 0 aliphatic heterocycles. The highest BCUT2D eigenvalue weighted by molar-refractivity contribution is 5.68. The van der Waals surface area contributed by atoms with Gasteiger partial charge in [0.05, 0.1) is 13.2 Å². The van der Waals surface area contributed by atoms with Gasteiger partial charge in [0.25, 0.3) is 0 Å². The van der Waals surface area contributed by atoms with E-state index >= 15 is 0 Å². The Kier molecular flexibility index (Phi) is 4.94. The zero-order chi connectivity index (χ0) is 7.98. The molecule has 0 bridgehead atoms. The second-order valence-corrected chi connectivity index (χ2v) is 2.32. The number of hydrogen-bond acceptors (Lipinski definition) is 3. The Morgan fingerprint density at radius 2 is 2.30 bits per heavy atom. The average molecular weight is 146 g/mol. The first-order valence-electron chi connectivity index (χ1n) is 3.41. The van der Waals surface area contributed by atoms with Gasteiger partial charge in [-0.25, -0.2) is 0 Å². The molecule has 1 atom stereocenters. The molecule has 0 aliphatic carbocycles. The molecule has 0 unspecified atom stereocenters. The lowest BCUT2D eigenvalue weighted by molar-refractivity contribution is -0.140. The summed E-state index contributed by atoms with van der Waals surface area (Å²) >= 11 is 0. The monoisotopic (exact) mass is 146 g/mol. The van der Waals surface area contributed by atoms with Crippen LogP contribution >= 0.6 is 0 Å². The minimum absolute atomic E-state index is 0.208. The van der Waals surface area contributed by atoms with Gasteiger partial charge in [0.2, 0.25) is 0 Å².